The Morgan fingerprint density at radius 2 is 1.71 bits per heavy atom. The van der Waals surface area contributed by atoms with Crippen molar-refractivity contribution >= 4 is 16.9 Å². The van der Waals surface area contributed by atoms with E-state index in [0.29, 0.717) is 0 Å². The minimum atomic E-state index is -1.75. The Kier molecular flexibility index (Phi) is 6.54. The van der Waals surface area contributed by atoms with Gasteiger partial charge in [0, 0.05) is 24.6 Å². The third-order valence-corrected chi connectivity index (χ3v) is 5.41. The number of fused-ring (bicyclic) bond motifs is 1. The lowest BCUT2D eigenvalue weighted by Crippen LogP contribution is -2.61. The van der Waals surface area contributed by atoms with Crippen LogP contribution in [0.4, 0.5) is 0 Å². The first-order valence-electron chi connectivity index (χ1n) is 10.4. The highest BCUT2D eigenvalue weighted by Crippen LogP contribution is 2.37. The van der Waals surface area contributed by atoms with Crippen LogP contribution in [-0.2, 0) is 14.3 Å². The lowest BCUT2D eigenvalue weighted by molar-refractivity contribution is -0.282. The normalized spacial score (nSPS) is 24.3. The van der Waals surface area contributed by atoms with E-state index in [1.54, 1.807) is 0 Å². The maximum absolute atomic E-state index is 13.4. The Morgan fingerprint density at radius 1 is 1.03 bits per heavy atom. The van der Waals surface area contributed by atoms with E-state index in [2.05, 4.69) is 0 Å². The number of carbonyl (C=O) groups excluding carboxylic acids is 1. The summed E-state index contributed by atoms with van der Waals surface area (Å²) in [5, 5.41) is 59.6. The van der Waals surface area contributed by atoms with Gasteiger partial charge in [-0.2, -0.15) is 0 Å². The average molecular weight is 490 g/mol. The highest BCUT2D eigenvalue weighted by molar-refractivity contribution is 5.88. The van der Waals surface area contributed by atoms with Crippen molar-refractivity contribution in [3.05, 3.63) is 46.6 Å². The fourth-order valence-corrected chi connectivity index (χ4v) is 3.76. The van der Waals surface area contributed by atoms with Crippen LogP contribution in [0.5, 0.6) is 23.0 Å². The number of aromatic hydroxyl groups is 3. The molecule has 2 aromatic carbocycles. The molecule has 1 aliphatic heterocycles. The molecule has 1 fully saturated rings. The van der Waals surface area contributed by atoms with Crippen LogP contribution in [0.2, 0.25) is 0 Å². The summed E-state index contributed by atoms with van der Waals surface area (Å²) < 4.78 is 22.0. The third kappa shape index (κ3) is 4.59. The van der Waals surface area contributed by atoms with Crippen molar-refractivity contribution in [2.24, 2.45) is 0 Å². The van der Waals surface area contributed by atoms with E-state index in [1.165, 1.54) is 24.3 Å². The fraction of sp³-hybridized carbons (Fsp3) is 0.304. The quantitative estimate of drug-likeness (QED) is 0.268. The van der Waals surface area contributed by atoms with Gasteiger partial charge in [-0.3, -0.25) is 9.59 Å². The first kappa shape index (κ1) is 24.3. The molecule has 0 aliphatic carbocycles. The number of phenols is 3. The Bertz CT molecular complexity index is 1300. The monoisotopic (exact) mass is 490 g/mol. The van der Waals surface area contributed by atoms with Gasteiger partial charge in [0.15, 0.2) is 11.9 Å². The smallest absolute Gasteiger partial charge is 0.303 e. The van der Waals surface area contributed by atoms with Gasteiger partial charge in [0.05, 0.1) is 6.61 Å². The topological polar surface area (TPSA) is 196 Å². The number of aliphatic hydroxyl groups excluding tert-OH is 3. The van der Waals surface area contributed by atoms with Crippen LogP contribution in [0.25, 0.3) is 22.3 Å². The molecule has 0 radical (unpaired) electrons. The summed E-state index contributed by atoms with van der Waals surface area (Å²) in [5.41, 5.74) is -0.857. The van der Waals surface area contributed by atoms with E-state index in [9.17, 15) is 40.2 Å². The Balaban J connectivity index is 1.90. The van der Waals surface area contributed by atoms with Gasteiger partial charge in [-0.1, -0.05) is 0 Å². The number of aliphatic hydroxyl groups is 3. The summed E-state index contributed by atoms with van der Waals surface area (Å²) in [4.78, 5) is 25.0. The molecule has 1 aliphatic rings. The Labute approximate surface area is 196 Å². The minimum absolute atomic E-state index is 0.0805. The SMILES string of the molecule is CC(=O)O[C@H]1[C@@H](Oc2c(-c3ccc(O)cc3)oc3cc(O)cc(O)c3c2=O)O[C@@H](CO)[C@@H](O)[C@H]1O. The molecule has 0 bridgehead atoms. The molecule has 35 heavy (non-hydrogen) atoms. The zero-order valence-electron chi connectivity index (χ0n) is 18.2. The van der Waals surface area contributed by atoms with Crippen molar-refractivity contribution < 1.29 is 54.1 Å². The minimum Gasteiger partial charge on any atom is -0.508 e. The highest BCUT2D eigenvalue weighted by atomic mass is 16.7. The zero-order valence-corrected chi connectivity index (χ0v) is 18.2. The molecule has 1 saturated heterocycles. The van der Waals surface area contributed by atoms with Gasteiger partial charge < -0.3 is 49.3 Å². The van der Waals surface area contributed by atoms with Gasteiger partial charge in [-0.25, -0.2) is 0 Å². The Morgan fingerprint density at radius 3 is 2.34 bits per heavy atom. The van der Waals surface area contributed by atoms with Crippen molar-refractivity contribution in [3.63, 3.8) is 0 Å². The van der Waals surface area contributed by atoms with Gasteiger partial charge in [0.25, 0.3) is 0 Å². The van der Waals surface area contributed by atoms with E-state index in [1.807, 2.05) is 0 Å². The predicted molar refractivity (Wildman–Crippen MR) is 117 cm³/mol. The molecule has 12 heteroatoms. The second kappa shape index (κ2) is 9.43. The summed E-state index contributed by atoms with van der Waals surface area (Å²) in [5.74, 6) is -2.66. The van der Waals surface area contributed by atoms with Crippen LogP contribution in [0.3, 0.4) is 0 Å². The van der Waals surface area contributed by atoms with E-state index in [-0.39, 0.29) is 33.8 Å². The molecule has 6 N–H and O–H groups in total. The number of esters is 1. The summed E-state index contributed by atoms with van der Waals surface area (Å²) in [6.45, 7) is 0.313. The summed E-state index contributed by atoms with van der Waals surface area (Å²) >= 11 is 0. The zero-order chi connectivity index (χ0) is 25.4. The van der Waals surface area contributed by atoms with Gasteiger partial charge in [-0.15, -0.1) is 0 Å². The number of rotatable bonds is 5. The standard InChI is InChI=1S/C23H22O12/c1-9(25)32-22-19(31)17(29)15(8-24)34-23(22)35-21-18(30)16-13(28)6-12(27)7-14(16)33-20(21)10-2-4-11(26)5-3-10/h2-7,15,17,19,22-24,26-29,31H,8H2,1H3/t15-,17+,19+,22+,23+/m0/s1. The van der Waals surface area contributed by atoms with Crippen LogP contribution in [-0.4, -0.2) is 73.9 Å². The van der Waals surface area contributed by atoms with E-state index >= 15 is 0 Å². The van der Waals surface area contributed by atoms with Gasteiger partial charge in [-0.05, 0) is 24.3 Å². The molecule has 186 valence electrons. The van der Waals surface area contributed by atoms with Crippen molar-refractivity contribution in [2.75, 3.05) is 6.61 Å². The van der Waals surface area contributed by atoms with Gasteiger partial charge >= 0.3 is 5.97 Å². The van der Waals surface area contributed by atoms with Crippen LogP contribution >= 0.6 is 0 Å². The molecular weight excluding hydrogens is 468 g/mol. The molecule has 1 aromatic heterocycles. The van der Waals surface area contributed by atoms with E-state index in [4.69, 9.17) is 18.6 Å². The number of phenolic OH excluding ortho intramolecular Hbond substituents is 3. The molecule has 0 amide bonds. The molecule has 0 spiro atoms. The lowest BCUT2D eigenvalue weighted by Gasteiger charge is -2.41. The first-order chi connectivity index (χ1) is 16.6. The van der Waals surface area contributed by atoms with Crippen LogP contribution in [0.1, 0.15) is 6.92 Å². The maximum atomic E-state index is 13.4. The van der Waals surface area contributed by atoms with Crippen LogP contribution in [0.15, 0.2) is 45.6 Å². The number of ether oxygens (including phenoxy) is 3. The average Bonchev–Trinajstić information content (AvgIpc) is 2.79. The maximum Gasteiger partial charge on any atom is 0.303 e. The van der Waals surface area contributed by atoms with Crippen molar-refractivity contribution in [2.45, 2.75) is 37.6 Å². The second-order valence-corrected chi connectivity index (χ2v) is 7.87. The van der Waals surface area contributed by atoms with Crippen LogP contribution < -0.4 is 10.2 Å². The van der Waals surface area contributed by atoms with E-state index in [0.717, 1.165) is 19.1 Å². The molecule has 0 unspecified atom stereocenters. The summed E-state index contributed by atoms with van der Waals surface area (Å²) in [7, 11) is 0. The molecule has 4 rings (SSSR count). The van der Waals surface area contributed by atoms with Crippen molar-refractivity contribution in [3.8, 4) is 34.3 Å². The molecule has 12 nitrogen and oxygen atoms in total. The van der Waals surface area contributed by atoms with Crippen molar-refractivity contribution in [1.29, 1.82) is 0 Å². The van der Waals surface area contributed by atoms with Crippen LogP contribution in [0, 0.1) is 0 Å². The first-order valence-corrected chi connectivity index (χ1v) is 10.4. The predicted octanol–water partition coefficient (Wildman–Crippen LogP) is 0.326. The lowest BCUT2D eigenvalue weighted by atomic mass is 9.99. The number of benzene rings is 2. The summed E-state index contributed by atoms with van der Waals surface area (Å²) in [6, 6.07) is 7.44. The molecule has 3 aromatic rings. The molecular formula is C23H22O12. The molecule has 2 heterocycles. The largest absolute Gasteiger partial charge is 0.508 e. The highest BCUT2D eigenvalue weighted by Gasteiger charge is 2.48. The Hall–Kier alpha value is -3.84. The van der Waals surface area contributed by atoms with Crippen molar-refractivity contribution in [1.82, 2.24) is 0 Å². The second-order valence-electron chi connectivity index (χ2n) is 7.87. The van der Waals surface area contributed by atoms with Gasteiger partial charge in [0.2, 0.25) is 17.5 Å². The third-order valence-electron chi connectivity index (χ3n) is 5.41. The molecule has 5 atom stereocenters. The summed E-state index contributed by atoms with van der Waals surface area (Å²) in [6.07, 6.45) is -8.03. The number of hydrogen-bond donors (Lipinski definition) is 6. The van der Waals surface area contributed by atoms with Gasteiger partial charge in [0.1, 0.15) is 46.5 Å². The van der Waals surface area contributed by atoms with E-state index < -0.39 is 60.2 Å². The molecule has 0 saturated carbocycles. The fourth-order valence-electron chi connectivity index (χ4n) is 3.76. The number of carbonyl (C=O) groups is 1. The number of hydrogen-bond acceptors (Lipinski definition) is 12.